The molecule has 2 saturated heterocycles. The summed E-state index contributed by atoms with van der Waals surface area (Å²) in [7, 11) is -10.3. The highest BCUT2D eigenvalue weighted by atomic mass is 31.2. The van der Waals surface area contributed by atoms with E-state index in [9.17, 15) is 43.6 Å². The smallest absolute Gasteiger partial charge is 0.386 e. The maximum Gasteiger partial charge on any atom is 0.470 e. The van der Waals surface area contributed by atoms with Crippen LogP contribution in [0.3, 0.4) is 0 Å². The van der Waals surface area contributed by atoms with Crippen molar-refractivity contribution >= 4 is 33.3 Å². The first-order valence-corrected chi connectivity index (χ1v) is 21.6. The van der Waals surface area contributed by atoms with E-state index < -0.39 is 63.6 Å². The largest absolute Gasteiger partial charge is 0.470 e. The van der Waals surface area contributed by atoms with Gasteiger partial charge < -0.3 is 69.9 Å². The second kappa shape index (κ2) is 22.4. The topological polar surface area (TPSA) is 342 Å². The van der Waals surface area contributed by atoms with Crippen molar-refractivity contribution < 1.29 is 81.3 Å². The van der Waals surface area contributed by atoms with Gasteiger partial charge in [-0.05, 0) is 47.0 Å². The molecule has 0 aliphatic carbocycles. The molecule has 2 fully saturated rings. The fraction of sp³-hybridized carbons (Fsp3) is 0.812. The van der Waals surface area contributed by atoms with Gasteiger partial charge in [-0.15, -0.1) is 0 Å². The molecule has 3 rings (SSSR count). The van der Waals surface area contributed by atoms with Gasteiger partial charge in [-0.2, -0.15) is 10.0 Å². The number of aliphatic hydroxyl groups is 1. The number of aliphatic hydroxyl groups excluding tert-OH is 1. The molecule has 2 unspecified atom stereocenters. The van der Waals surface area contributed by atoms with E-state index in [-0.39, 0.29) is 56.2 Å². The number of nitrogens with one attached hydrogen (secondary N) is 2. The Morgan fingerprint density at radius 2 is 1.52 bits per heavy atom. The first-order chi connectivity index (χ1) is 27.0. The van der Waals surface area contributed by atoms with Gasteiger partial charge in [0.25, 0.3) is 0 Å². The van der Waals surface area contributed by atoms with Gasteiger partial charge in [0.2, 0.25) is 11.8 Å². The summed E-state index contributed by atoms with van der Waals surface area (Å²) in [4.78, 5) is 77.7. The average molecular weight is 877 g/mol. The second-order valence-corrected chi connectivity index (χ2v) is 17.2. The van der Waals surface area contributed by atoms with Crippen LogP contribution >= 0.6 is 15.6 Å². The van der Waals surface area contributed by atoms with Crippen molar-refractivity contribution in [2.75, 3.05) is 78.3 Å². The van der Waals surface area contributed by atoms with Crippen LogP contribution in [0.25, 0.3) is 0 Å². The number of nitrogens with zero attached hydrogens (tertiary/aromatic N) is 3. The molecule has 334 valence electrons. The molecule has 2 amide bonds. The number of aryl methyl sites for hydroxylation is 1. The number of carbonyl (C=O) groups excluding carboxylic acids is 2. The fourth-order valence-corrected chi connectivity index (χ4v) is 7.43. The molecule has 58 heavy (non-hydrogen) atoms. The maximum atomic E-state index is 12.6. The number of hydrogen-bond acceptors (Lipinski definition) is 17. The predicted molar refractivity (Wildman–Crippen MR) is 200 cm³/mol. The Balaban J connectivity index is 1.23. The molecule has 1 aromatic rings. The van der Waals surface area contributed by atoms with Gasteiger partial charge in [-0.3, -0.25) is 23.2 Å². The van der Waals surface area contributed by atoms with Crippen molar-refractivity contribution in [2.45, 2.75) is 89.0 Å². The van der Waals surface area contributed by atoms with Crippen LogP contribution in [0.1, 0.15) is 58.7 Å². The van der Waals surface area contributed by atoms with Crippen LogP contribution in [-0.4, -0.2) is 158 Å². The summed E-state index contributed by atoms with van der Waals surface area (Å²) in [5.74, 6) is -0.889. The van der Waals surface area contributed by atoms with Gasteiger partial charge in [0.1, 0.15) is 24.1 Å². The van der Waals surface area contributed by atoms with Crippen molar-refractivity contribution in [3.63, 3.8) is 0 Å². The third kappa shape index (κ3) is 15.8. The molecule has 2 aliphatic heterocycles. The SMILES string of the molecule is CC1(C)CC(C(=O)NCCOCCOCCOCCOCCC(=O)NCCCc2cn([C@@H]3O[C@H](COP(=O)(O)O)C(OP(=O)(O)O)[C@@H]3O)c(=O)nc2N)C(C)(C)N1O. The van der Waals surface area contributed by atoms with Crippen LogP contribution in [0.2, 0.25) is 0 Å². The minimum Gasteiger partial charge on any atom is -0.386 e. The van der Waals surface area contributed by atoms with Gasteiger partial charge in [-0.25, -0.2) is 13.9 Å². The average Bonchev–Trinajstić information content (AvgIpc) is 3.50. The molecule has 1 aromatic heterocycles. The Bertz CT molecular complexity index is 1640. The third-order valence-electron chi connectivity index (χ3n) is 9.38. The van der Waals surface area contributed by atoms with E-state index in [1.165, 1.54) is 11.3 Å². The number of nitrogen functional groups attached to an aromatic ring is 1. The predicted octanol–water partition coefficient (Wildman–Crippen LogP) is -1.44. The first-order valence-electron chi connectivity index (χ1n) is 18.5. The molecule has 0 aromatic carbocycles. The van der Waals surface area contributed by atoms with Gasteiger partial charge in [0, 0.05) is 36.8 Å². The van der Waals surface area contributed by atoms with Crippen molar-refractivity contribution in [3.05, 3.63) is 22.2 Å². The summed E-state index contributed by atoms with van der Waals surface area (Å²) >= 11 is 0. The van der Waals surface area contributed by atoms with Crippen molar-refractivity contribution in [3.8, 4) is 0 Å². The Labute approximate surface area is 335 Å². The lowest BCUT2D eigenvalue weighted by Gasteiger charge is -2.35. The second-order valence-electron chi connectivity index (χ2n) is 14.7. The van der Waals surface area contributed by atoms with Crippen LogP contribution in [0.4, 0.5) is 5.82 Å². The van der Waals surface area contributed by atoms with Crippen molar-refractivity contribution in [1.29, 1.82) is 0 Å². The number of carbonyl (C=O) groups is 2. The Morgan fingerprint density at radius 1 is 0.931 bits per heavy atom. The van der Waals surface area contributed by atoms with E-state index in [1.54, 1.807) is 0 Å². The number of hydroxylamine groups is 2. The number of phosphoric acid groups is 2. The van der Waals surface area contributed by atoms with Crippen molar-refractivity contribution in [1.82, 2.24) is 25.2 Å². The van der Waals surface area contributed by atoms with Crippen LogP contribution in [-0.2, 0) is 57.9 Å². The number of nitrogens with two attached hydrogens (primary N) is 1. The zero-order valence-corrected chi connectivity index (χ0v) is 34.8. The highest BCUT2D eigenvalue weighted by Gasteiger charge is 2.54. The number of amides is 2. The Kier molecular flexibility index (Phi) is 19.3. The monoisotopic (exact) mass is 876 g/mol. The zero-order chi connectivity index (χ0) is 43.3. The Morgan fingerprint density at radius 3 is 2.07 bits per heavy atom. The number of anilines is 1. The highest BCUT2D eigenvalue weighted by molar-refractivity contribution is 7.46. The van der Waals surface area contributed by atoms with Gasteiger partial charge in [0.05, 0.1) is 70.9 Å². The summed E-state index contributed by atoms with van der Waals surface area (Å²) in [5, 5.41) is 28.0. The van der Waals surface area contributed by atoms with E-state index in [0.717, 1.165) is 4.57 Å². The molecule has 5 atom stereocenters. The molecule has 2 aliphatic rings. The highest BCUT2D eigenvalue weighted by Crippen LogP contribution is 2.46. The molecule has 0 bridgehead atoms. The van der Waals surface area contributed by atoms with E-state index in [1.807, 2.05) is 27.7 Å². The normalized spacial score (nSPS) is 23.3. The van der Waals surface area contributed by atoms with Gasteiger partial charge >= 0.3 is 21.3 Å². The summed E-state index contributed by atoms with van der Waals surface area (Å²) in [6.07, 6.45) is -4.65. The van der Waals surface area contributed by atoms with Crippen LogP contribution in [0.5, 0.6) is 0 Å². The molecular formula is C32H58N6O18P2. The minimum absolute atomic E-state index is 0.0844. The molecule has 26 heteroatoms. The molecule has 0 saturated carbocycles. The maximum absolute atomic E-state index is 12.6. The molecule has 3 heterocycles. The molecule has 10 N–H and O–H groups in total. The number of aromatic nitrogens is 2. The minimum atomic E-state index is -5.24. The quantitative estimate of drug-likeness (QED) is 0.0380. The number of hydrogen-bond donors (Lipinski definition) is 9. The lowest BCUT2D eigenvalue weighted by atomic mass is 9.86. The lowest BCUT2D eigenvalue weighted by molar-refractivity contribution is -0.197. The molecule has 24 nitrogen and oxygen atoms in total. The number of phosphoric ester groups is 2. The van der Waals surface area contributed by atoms with Crippen LogP contribution in [0.15, 0.2) is 11.0 Å². The summed E-state index contributed by atoms with van der Waals surface area (Å²) < 4.78 is 59.6. The molecule has 0 radical (unpaired) electrons. The summed E-state index contributed by atoms with van der Waals surface area (Å²) in [6.45, 7) is 9.53. The molecule has 0 spiro atoms. The zero-order valence-electron chi connectivity index (χ0n) is 33.0. The van der Waals surface area contributed by atoms with Gasteiger partial charge in [0.15, 0.2) is 6.23 Å². The van der Waals surface area contributed by atoms with Crippen molar-refractivity contribution in [2.24, 2.45) is 5.92 Å². The standard InChI is InChI=1S/C32H58N6O18P2/c1-31(2)18-22(32(3,4)38(31)43)28(41)35-9-11-51-13-15-53-17-16-52-14-12-50-10-7-24(39)34-8-5-6-21-19-37(30(42)36-27(21)33)29-25(40)26(56-58(47,48)49)23(55-29)20-54-57(44,45)46/h19,22-23,25-26,29,40,43H,5-18,20H2,1-4H3,(H,34,39)(H,35,41)(H2,33,36,42)(H2,44,45,46)(H2,47,48,49)/t22?,23-,25+,26?,29-/m1/s1. The number of rotatable bonds is 26. The van der Waals surface area contributed by atoms with E-state index in [0.29, 0.717) is 64.6 Å². The summed E-state index contributed by atoms with van der Waals surface area (Å²) in [6, 6.07) is 0. The van der Waals surface area contributed by atoms with Crippen LogP contribution < -0.4 is 22.1 Å². The van der Waals surface area contributed by atoms with E-state index in [2.05, 4.69) is 24.7 Å². The third-order valence-corrected chi connectivity index (χ3v) is 10.4. The van der Waals surface area contributed by atoms with E-state index >= 15 is 0 Å². The van der Waals surface area contributed by atoms with Crippen LogP contribution in [0, 0.1) is 5.92 Å². The van der Waals surface area contributed by atoms with E-state index in [4.69, 9.17) is 39.2 Å². The number of ether oxygens (including phenoxy) is 5. The first kappa shape index (κ1) is 49.9. The molecular weight excluding hydrogens is 818 g/mol. The van der Waals surface area contributed by atoms with Gasteiger partial charge in [-0.1, -0.05) is 0 Å². The fourth-order valence-electron chi connectivity index (χ4n) is 6.51. The summed E-state index contributed by atoms with van der Waals surface area (Å²) in [5.41, 5.74) is 4.05. The lowest BCUT2D eigenvalue weighted by Crippen LogP contribution is -2.50. The Hall–Kier alpha value is -2.48.